The highest BCUT2D eigenvalue weighted by Gasteiger charge is 1.99. The van der Waals surface area contributed by atoms with E-state index in [2.05, 4.69) is 29.6 Å². The van der Waals surface area contributed by atoms with Crippen molar-refractivity contribution in [3.05, 3.63) is 90.5 Å². The van der Waals surface area contributed by atoms with Crippen LogP contribution in [0.15, 0.2) is 84.9 Å². The SMILES string of the molecule is COc1cccc(OCCNC(=O)/C=C/c2ccc(-c3ccccc3)cc2)c1. The summed E-state index contributed by atoms with van der Waals surface area (Å²) in [5, 5.41) is 2.81. The zero-order chi connectivity index (χ0) is 19.6. The molecule has 0 unspecified atom stereocenters. The standard InChI is InChI=1S/C24H23NO3/c1-27-22-8-5-9-23(18-22)28-17-16-25-24(26)15-12-19-10-13-21(14-11-19)20-6-3-2-4-7-20/h2-15,18H,16-17H2,1H3,(H,25,26)/b15-12+. The maximum atomic E-state index is 11.9. The Hall–Kier alpha value is -3.53. The van der Waals surface area contributed by atoms with Crippen molar-refractivity contribution in [1.29, 1.82) is 0 Å². The van der Waals surface area contributed by atoms with Gasteiger partial charge in [-0.15, -0.1) is 0 Å². The van der Waals surface area contributed by atoms with Gasteiger partial charge in [0.1, 0.15) is 18.1 Å². The van der Waals surface area contributed by atoms with Crippen molar-refractivity contribution in [3.8, 4) is 22.6 Å². The minimum Gasteiger partial charge on any atom is -0.497 e. The molecule has 0 saturated heterocycles. The van der Waals surface area contributed by atoms with Crippen LogP contribution in [0.2, 0.25) is 0 Å². The van der Waals surface area contributed by atoms with Crippen LogP contribution in [0.3, 0.4) is 0 Å². The quantitative estimate of drug-likeness (QED) is 0.465. The summed E-state index contributed by atoms with van der Waals surface area (Å²) >= 11 is 0. The molecule has 28 heavy (non-hydrogen) atoms. The van der Waals surface area contributed by atoms with E-state index in [0.717, 1.165) is 16.9 Å². The molecule has 0 fully saturated rings. The van der Waals surface area contributed by atoms with Gasteiger partial charge >= 0.3 is 0 Å². The summed E-state index contributed by atoms with van der Waals surface area (Å²) in [4.78, 5) is 11.9. The number of benzene rings is 3. The minimum atomic E-state index is -0.152. The highest BCUT2D eigenvalue weighted by Crippen LogP contribution is 2.20. The number of hydrogen-bond acceptors (Lipinski definition) is 3. The van der Waals surface area contributed by atoms with Gasteiger partial charge in [0.2, 0.25) is 5.91 Å². The van der Waals surface area contributed by atoms with E-state index in [1.54, 1.807) is 19.3 Å². The van der Waals surface area contributed by atoms with E-state index in [9.17, 15) is 4.79 Å². The highest BCUT2D eigenvalue weighted by molar-refractivity contribution is 5.91. The molecular weight excluding hydrogens is 350 g/mol. The molecule has 4 nitrogen and oxygen atoms in total. The van der Waals surface area contributed by atoms with Gasteiger partial charge in [-0.3, -0.25) is 4.79 Å². The third-order valence-electron chi connectivity index (χ3n) is 4.16. The van der Waals surface area contributed by atoms with Gasteiger partial charge in [-0.2, -0.15) is 0 Å². The van der Waals surface area contributed by atoms with Crippen LogP contribution in [0.5, 0.6) is 11.5 Å². The van der Waals surface area contributed by atoms with Crippen LogP contribution in [-0.2, 0) is 4.79 Å². The third-order valence-corrected chi connectivity index (χ3v) is 4.16. The Bertz CT molecular complexity index is 918. The number of carbonyl (C=O) groups is 1. The van der Waals surface area contributed by atoms with E-state index in [-0.39, 0.29) is 5.91 Å². The molecule has 3 aromatic carbocycles. The molecule has 3 rings (SSSR count). The van der Waals surface area contributed by atoms with Gasteiger partial charge in [0, 0.05) is 12.1 Å². The number of nitrogens with one attached hydrogen (secondary N) is 1. The molecule has 0 aliphatic heterocycles. The van der Waals surface area contributed by atoms with Gasteiger partial charge in [-0.1, -0.05) is 60.7 Å². The molecule has 4 heteroatoms. The second-order valence-electron chi connectivity index (χ2n) is 6.14. The fourth-order valence-electron chi connectivity index (χ4n) is 2.68. The Labute approximate surface area is 165 Å². The van der Waals surface area contributed by atoms with Crippen molar-refractivity contribution < 1.29 is 14.3 Å². The summed E-state index contributed by atoms with van der Waals surface area (Å²) in [7, 11) is 1.61. The summed E-state index contributed by atoms with van der Waals surface area (Å²) < 4.78 is 10.7. The van der Waals surface area contributed by atoms with E-state index >= 15 is 0 Å². The van der Waals surface area contributed by atoms with Crippen LogP contribution in [0.4, 0.5) is 0 Å². The number of carbonyl (C=O) groups excluding carboxylic acids is 1. The van der Waals surface area contributed by atoms with Crippen molar-refractivity contribution in [1.82, 2.24) is 5.32 Å². The van der Waals surface area contributed by atoms with Crippen LogP contribution >= 0.6 is 0 Å². The lowest BCUT2D eigenvalue weighted by Crippen LogP contribution is -2.26. The minimum absolute atomic E-state index is 0.152. The lowest BCUT2D eigenvalue weighted by Gasteiger charge is -2.08. The first-order valence-corrected chi connectivity index (χ1v) is 9.13. The Morgan fingerprint density at radius 2 is 1.61 bits per heavy atom. The second kappa shape index (κ2) is 9.97. The smallest absolute Gasteiger partial charge is 0.244 e. The van der Waals surface area contributed by atoms with Crippen molar-refractivity contribution in [2.24, 2.45) is 0 Å². The number of methoxy groups -OCH3 is 1. The number of hydrogen-bond donors (Lipinski definition) is 1. The predicted octanol–water partition coefficient (Wildman–Crippen LogP) is 4.57. The fourth-order valence-corrected chi connectivity index (χ4v) is 2.68. The lowest BCUT2D eigenvalue weighted by molar-refractivity contribution is -0.116. The molecule has 0 radical (unpaired) electrons. The number of rotatable bonds is 8. The van der Waals surface area contributed by atoms with Gasteiger partial charge in [-0.05, 0) is 34.9 Å². The summed E-state index contributed by atoms with van der Waals surface area (Å²) in [6.45, 7) is 0.811. The van der Waals surface area contributed by atoms with Gasteiger partial charge < -0.3 is 14.8 Å². The average molecular weight is 373 g/mol. The molecule has 142 valence electrons. The van der Waals surface area contributed by atoms with Crippen LogP contribution < -0.4 is 14.8 Å². The normalized spacial score (nSPS) is 10.6. The second-order valence-corrected chi connectivity index (χ2v) is 6.14. The maximum absolute atomic E-state index is 11.9. The molecule has 0 bridgehead atoms. The topological polar surface area (TPSA) is 47.6 Å². The molecule has 0 spiro atoms. The summed E-state index contributed by atoms with van der Waals surface area (Å²) in [5.74, 6) is 1.30. The molecule has 0 aliphatic carbocycles. The average Bonchev–Trinajstić information content (AvgIpc) is 2.76. The Morgan fingerprint density at radius 1 is 0.893 bits per heavy atom. The summed E-state index contributed by atoms with van der Waals surface area (Å²) in [5.41, 5.74) is 3.30. The van der Waals surface area contributed by atoms with Crippen molar-refractivity contribution >= 4 is 12.0 Å². The molecule has 3 aromatic rings. The van der Waals surface area contributed by atoms with E-state index in [1.165, 1.54) is 11.6 Å². The largest absolute Gasteiger partial charge is 0.497 e. The van der Waals surface area contributed by atoms with Crippen molar-refractivity contribution in [3.63, 3.8) is 0 Å². The first-order valence-electron chi connectivity index (χ1n) is 9.13. The van der Waals surface area contributed by atoms with Gasteiger partial charge in [0.15, 0.2) is 0 Å². The van der Waals surface area contributed by atoms with E-state index in [0.29, 0.717) is 18.9 Å². The van der Waals surface area contributed by atoms with Gasteiger partial charge in [-0.25, -0.2) is 0 Å². The van der Waals surface area contributed by atoms with Crippen molar-refractivity contribution in [2.75, 3.05) is 20.3 Å². The predicted molar refractivity (Wildman–Crippen MR) is 112 cm³/mol. The van der Waals surface area contributed by atoms with E-state index in [1.807, 2.05) is 48.5 Å². The van der Waals surface area contributed by atoms with Crippen LogP contribution in [-0.4, -0.2) is 26.2 Å². The molecular formula is C24H23NO3. The molecule has 0 heterocycles. The Balaban J connectivity index is 1.43. The third kappa shape index (κ3) is 5.74. The molecule has 0 aromatic heterocycles. The molecule has 0 saturated carbocycles. The molecule has 0 atom stereocenters. The van der Waals surface area contributed by atoms with Crippen molar-refractivity contribution in [2.45, 2.75) is 0 Å². The van der Waals surface area contributed by atoms with E-state index in [4.69, 9.17) is 9.47 Å². The van der Waals surface area contributed by atoms with E-state index < -0.39 is 0 Å². The van der Waals surface area contributed by atoms with Crippen LogP contribution in [0.1, 0.15) is 5.56 Å². The summed E-state index contributed by atoms with van der Waals surface area (Å²) in [6.07, 6.45) is 3.33. The number of amides is 1. The Morgan fingerprint density at radius 3 is 2.36 bits per heavy atom. The van der Waals surface area contributed by atoms with Gasteiger partial charge in [0.05, 0.1) is 13.7 Å². The maximum Gasteiger partial charge on any atom is 0.244 e. The summed E-state index contributed by atoms with van der Waals surface area (Å²) in [6, 6.07) is 25.7. The Kier molecular flexibility index (Phi) is 6.85. The lowest BCUT2D eigenvalue weighted by atomic mass is 10.0. The monoisotopic (exact) mass is 373 g/mol. The molecule has 1 N–H and O–H groups in total. The molecule has 1 amide bonds. The zero-order valence-electron chi connectivity index (χ0n) is 15.8. The number of ether oxygens (including phenoxy) is 2. The van der Waals surface area contributed by atoms with Gasteiger partial charge in [0.25, 0.3) is 0 Å². The first-order chi connectivity index (χ1) is 13.7. The first kappa shape index (κ1) is 19.2. The van der Waals surface area contributed by atoms with Crippen LogP contribution in [0.25, 0.3) is 17.2 Å². The molecule has 0 aliphatic rings. The highest BCUT2D eigenvalue weighted by atomic mass is 16.5. The van der Waals surface area contributed by atoms with Crippen LogP contribution in [0, 0.1) is 0 Å². The zero-order valence-corrected chi connectivity index (χ0v) is 15.8. The fraction of sp³-hybridized carbons (Fsp3) is 0.125.